The van der Waals surface area contributed by atoms with E-state index in [1.54, 1.807) is 12.3 Å². The predicted molar refractivity (Wildman–Crippen MR) is 80.1 cm³/mol. The summed E-state index contributed by atoms with van der Waals surface area (Å²) in [6.45, 7) is 6.75. The summed E-state index contributed by atoms with van der Waals surface area (Å²) in [6.07, 6.45) is 7.68. The average molecular weight is 279 g/mol. The third-order valence-electron chi connectivity index (χ3n) is 4.85. The summed E-state index contributed by atoms with van der Waals surface area (Å²) in [4.78, 5) is 6.61. The van der Waals surface area contributed by atoms with E-state index < -0.39 is 0 Å². The summed E-state index contributed by atoms with van der Waals surface area (Å²) in [5, 5.41) is 3.42. The number of nitrogens with zero attached hydrogens (tertiary/aromatic N) is 2. The lowest BCUT2D eigenvalue weighted by Gasteiger charge is -2.47. The first-order valence-corrected chi connectivity index (χ1v) is 7.70. The van der Waals surface area contributed by atoms with E-state index in [2.05, 4.69) is 29.0 Å². The standard InChI is InChI=1S/C16H26FN3/c1-4-16(5-2,20-8-6-7-9-20)15(18-3)13-10-14(17)12-19-11-13/h10-12,15,18H,4-9H2,1-3H3. The van der Waals surface area contributed by atoms with Crippen molar-refractivity contribution in [2.45, 2.75) is 51.1 Å². The highest BCUT2D eigenvalue weighted by Crippen LogP contribution is 2.39. The van der Waals surface area contributed by atoms with Crippen molar-refractivity contribution in [2.75, 3.05) is 20.1 Å². The van der Waals surface area contributed by atoms with Gasteiger partial charge in [-0.3, -0.25) is 9.88 Å². The number of nitrogens with one attached hydrogen (secondary N) is 1. The van der Waals surface area contributed by atoms with Gasteiger partial charge in [-0.2, -0.15) is 0 Å². The van der Waals surface area contributed by atoms with Crippen LogP contribution in [0.3, 0.4) is 0 Å². The molecule has 1 aromatic rings. The van der Waals surface area contributed by atoms with Gasteiger partial charge in [-0.25, -0.2) is 4.39 Å². The Balaban J connectivity index is 2.38. The zero-order valence-corrected chi connectivity index (χ0v) is 12.8. The summed E-state index contributed by atoms with van der Waals surface area (Å²) in [5.41, 5.74) is 0.990. The van der Waals surface area contributed by atoms with Crippen LogP contribution in [-0.4, -0.2) is 35.6 Å². The molecule has 0 aromatic carbocycles. The molecule has 4 heteroatoms. The minimum atomic E-state index is -0.259. The summed E-state index contributed by atoms with van der Waals surface area (Å²) < 4.78 is 13.5. The fraction of sp³-hybridized carbons (Fsp3) is 0.688. The van der Waals surface area contributed by atoms with Crippen molar-refractivity contribution in [3.05, 3.63) is 29.8 Å². The quantitative estimate of drug-likeness (QED) is 0.867. The average Bonchev–Trinajstić information content (AvgIpc) is 2.99. The lowest BCUT2D eigenvalue weighted by molar-refractivity contribution is 0.0644. The van der Waals surface area contributed by atoms with Crippen LogP contribution in [0.2, 0.25) is 0 Å². The van der Waals surface area contributed by atoms with E-state index in [0.29, 0.717) is 0 Å². The molecule has 0 spiro atoms. The van der Waals surface area contributed by atoms with Crippen molar-refractivity contribution in [3.63, 3.8) is 0 Å². The molecule has 0 radical (unpaired) electrons. The molecule has 112 valence electrons. The van der Waals surface area contributed by atoms with E-state index in [1.165, 1.54) is 19.0 Å². The van der Waals surface area contributed by atoms with Crippen molar-refractivity contribution < 1.29 is 4.39 Å². The molecule has 2 rings (SSSR count). The highest BCUT2D eigenvalue weighted by Gasteiger charge is 2.42. The zero-order valence-electron chi connectivity index (χ0n) is 12.8. The number of likely N-dealkylation sites (N-methyl/N-ethyl adjacent to an activating group) is 1. The van der Waals surface area contributed by atoms with Crippen molar-refractivity contribution in [2.24, 2.45) is 0 Å². The predicted octanol–water partition coefficient (Wildman–Crippen LogP) is 3.14. The molecule has 0 aliphatic carbocycles. The molecular formula is C16H26FN3. The Morgan fingerprint density at radius 2 is 1.95 bits per heavy atom. The largest absolute Gasteiger partial charge is 0.311 e. The first-order chi connectivity index (χ1) is 9.67. The van der Waals surface area contributed by atoms with Crippen molar-refractivity contribution in [1.82, 2.24) is 15.2 Å². The van der Waals surface area contributed by atoms with E-state index in [-0.39, 0.29) is 17.4 Å². The highest BCUT2D eigenvalue weighted by molar-refractivity contribution is 5.21. The number of pyridine rings is 1. The smallest absolute Gasteiger partial charge is 0.141 e. The Labute approximate surface area is 121 Å². The Morgan fingerprint density at radius 3 is 2.45 bits per heavy atom. The second kappa shape index (κ2) is 6.64. The molecule has 0 saturated carbocycles. The van der Waals surface area contributed by atoms with Gasteiger partial charge >= 0.3 is 0 Å². The first-order valence-electron chi connectivity index (χ1n) is 7.70. The summed E-state index contributed by atoms with van der Waals surface area (Å²) >= 11 is 0. The Morgan fingerprint density at radius 1 is 1.30 bits per heavy atom. The highest BCUT2D eigenvalue weighted by atomic mass is 19.1. The van der Waals surface area contributed by atoms with E-state index in [9.17, 15) is 4.39 Å². The van der Waals surface area contributed by atoms with Gasteiger partial charge in [-0.1, -0.05) is 13.8 Å². The van der Waals surface area contributed by atoms with Crippen LogP contribution in [0.4, 0.5) is 4.39 Å². The van der Waals surface area contributed by atoms with Gasteiger partial charge in [-0.05, 0) is 57.5 Å². The van der Waals surface area contributed by atoms with E-state index in [0.717, 1.165) is 31.5 Å². The maximum Gasteiger partial charge on any atom is 0.141 e. The second-order valence-corrected chi connectivity index (χ2v) is 5.66. The Kier molecular flexibility index (Phi) is 5.11. The van der Waals surface area contributed by atoms with Gasteiger partial charge in [0.1, 0.15) is 5.82 Å². The summed E-state index contributed by atoms with van der Waals surface area (Å²) in [5.74, 6) is -0.259. The van der Waals surface area contributed by atoms with E-state index >= 15 is 0 Å². The minimum Gasteiger partial charge on any atom is -0.311 e. The molecule has 0 amide bonds. The Hall–Kier alpha value is -1.00. The van der Waals surface area contributed by atoms with Crippen molar-refractivity contribution in [3.8, 4) is 0 Å². The molecule has 1 fully saturated rings. The van der Waals surface area contributed by atoms with Gasteiger partial charge in [0.25, 0.3) is 0 Å². The topological polar surface area (TPSA) is 28.2 Å². The molecule has 20 heavy (non-hydrogen) atoms. The van der Waals surface area contributed by atoms with Crippen LogP contribution in [0.5, 0.6) is 0 Å². The molecule has 1 aliphatic heterocycles. The number of halogens is 1. The van der Waals surface area contributed by atoms with Crippen LogP contribution >= 0.6 is 0 Å². The van der Waals surface area contributed by atoms with Gasteiger partial charge in [0.2, 0.25) is 0 Å². The normalized spacial score (nSPS) is 18.4. The number of rotatable bonds is 6. The fourth-order valence-electron chi connectivity index (χ4n) is 3.78. The molecule has 0 bridgehead atoms. The summed E-state index contributed by atoms with van der Waals surface area (Å²) in [7, 11) is 1.96. The van der Waals surface area contributed by atoms with Gasteiger partial charge < -0.3 is 5.32 Å². The van der Waals surface area contributed by atoms with Crippen LogP contribution < -0.4 is 5.32 Å². The SMILES string of the molecule is CCC(CC)(C(NC)c1cncc(F)c1)N1CCCC1. The van der Waals surface area contributed by atoms with Gasteiger partial charge in [0.15, 0.2) is 0 Å². The molecule has 1 aromatic heterocycles. The molecule has 1 saturated heterocycles. The molecule has 1 atom stereocenters. The third-order valence-corrected chi connectivity index (χ3v) is 4.85. The van der Waals surface area contributed by atoms with Gasteiger partial charge in [0, 0.05) is 11.7 Å². The maximum atomic E-state index is 13.5. The van der Waals surface area contributed by atoms with Gasteiger partial charge in [-0.15, -0.1) is 0 Å². The minimum absolute atomic E-state index is 0.0424. The van der Waals surface area contributed by atoms with Crippen LogP contribution in [0.15, 0.2) is 18.5 Å². The molecule has 3 nitrogen and oxygen atoms in total. The van der Waals surface area contributed by atoms with Gasteiger partial charge in [0.05, 0.1) is 12.2 Å². The second-order valence-electron chi connectivity index (χ2n) is 5.66. The molecule has 1 aliphatic rings. The zero-order chi connectivity index (χ0) is 14.6. The van der Waals surface area contributed by atoms with Crippen LogP contribution in [0.1, 0.15) is 51.1 Å². The summed E-state index contributed by atoms with van der Waals surface area (Å²) in [6, 6.07) is 1.73. The van der Waals surface area contributed by atoms with Crippen LogP contribution in [-0.2, 0) is 0 Å². The number of likely N-dealkylation sites (tertiary alicyclic amines) is 1. The molecular weight excluding hydrogens is 253 g/mol. The number of hydrogen-bond donors (Lipinski definition) is 1. The molecule has 2 heterocycles. The molecule has 1 unspecified atom stereocenters. The number of hydrogen-bond acceptors (Lipinski definition) is 3. The lowest BCUT2D eigenvalue weighted by atomic mass is 9.79. The lowest BCUT2D eigenvalue weighted by Crippen LogP contribution is -2.54. The van der Waals surface area contributed by atoms with E-state index in [4.69, 9.17) is 0 Å². The van der Waals surface area contributed by atoms with E-state index in [1.807, 2.05) is 7.05 Å². The van der Waals surface area contributed by atoms with Crippen molar-refractivity contribution >= 4 is 0 Å². The van der Waals surface area contributed by atoms with Crippen LogP contribution in [0, 0.1) is 5.82 Å². The first kappa shape index (κ1) is 15.4. The van der Waals surface area contributed by atoms with Crippen molar-refractivity contribution in [1.29, 1.82) is 0 Å². The number of aromatic nitrogens is 1. The third kappa shape index (κ3) is 2.72. The molecule has 1 N–H and O–H groups in total. The maximum absolute atomic E-state index is 13.5. The fourth-order valence-corrected chi connectivity index (χ4v) is 3.78. The monoisotopic (exact) mass is 279 g/mol. The van der Waals surface area contributed by atoms with Crippen LogP contribution in [0.25, 0.3) is 0 Å². The Bertz CT molecular complexity index is 425.